The van der Waals surface area contributed by atoms with Crippen LogP contribution in [0, 0.1) is 5.92 Å². The van der Waals surface area contributed by atoms with Crippen LogP contribution >= 0.6 is 0 Å². The summed E-state index contributed by atoms with van der Waals surface area (Å²) in [7, 11) is 2.90. The van der Waals surface area contributed by atoms with E-state index < -0.39 is 17.9 Å². The van der Waals surface area contributed by atoms with E-state index >= 15 is 0 Å². The van der Waals surface area contributed by atoms with Crippen molar-refractivity contribution in [1.82, 2.24) is 15.3 Å². The topological polar surface area (TPSA) is 109 Å². The number of nitrogens with zero attached hydrogens (tertiary/aromatic N) is 2. The molecule has 0 saturated carbocycles. The van der Waals surface area contributed by atoms with Gasteiger partial charge in [0.1, 0.15) is 18.4 Å². The minimum absolute atomic E-state index is 0.0553. The van der Waals surface area contributed by atoms with E-state index in [1.807, 2.05) is 13.8 Å². The van der Waals surface area contributed by atoms with Gasteiger partial charge in [0.15, 0.2) is 0 Å². The van der Waals surface area contributed by atoms with Crippen molar-refractivity contribution in [2.75, 3.05) is 20.8 Å². The molecule has 0 aliphatic rings. The Labute approximate surface area is 181 Å². The summed E-state index contributed by atoms with van der Waals surface area (Å²) in [6, 6.07) is 7.18. The van der Waals surface area contributed by atoms with Crippen molar-refractivity contribution in [2.24, 2.45) is 5.92 Å². The summed E-state index contributed by atoms with van der Waals surface area (Å²) in [4.78, 5) is 33.6. The van der Waals surface area contributed by atoms with Crippen LogP contribution in [0.5, 0.6) is 23.5 Å². The molecule has 1 aromatic heterocycles. The number of esters is 1. The number of carbonyl (C=O) groups excluding carboxylic acids is 2. The Morgan fingerprint density at radius 3 is 2.39 bits per heavy atom. The van der Waals surface area contributed by atoms with E-state index in [1.165, 1.54) is 26.4 Å². The molecule has 2 rings (SSSR count). The van der Waals surface area contributed by atoms with Crippen molar-refractivity contribution >= 4 is 11.9 Å². The van der Waals surface area contributed by atoms with Crippen LogP contribution in [0.3, 0.4) is 0 Å². The van der Waals surface area contributed by atoms with Crippen LogP contribution in [0.2, 0.25) is 0 Å². The number of methoxy groups -OCH3 is 2. The molecular formula is C22H27N3O6. The standard InChI is InChI=1S/C22H27N3O6/c1-6-12-30-21(27)19(14(3)7-2)25-20(26)15-10-8-9-11-16(15)31-22-23-17(28-4)13-18(24-22)29-5/h6,8-11,13-14,19H,1,7,12H2,2-5H3,(H,25,26)/t14?,19-/m0/s1. The molecule has 1 N–H and O–H groups in total. The molecule has 9 nitrogen and oxygen atoms in total. The third kappa shape index (κ3) is 6.43. The molecule has 1 aromatic carbocycles. The Morgan fingerprint density at radius 2 is 1.81 bits per heavy atom. The van der Waals surface area contributed by atoms with E-state index in [1.54, 1.807) is 24.3 Å². The Hall–Kier alpha value is -3.62. The molecule has 0 aliphatic carbocycles. The fourth-order valence-electron chi connectivity index (χ4n) is 2.60. The number of para-hydroxylation sites is 1. The lowest BCUT2D eigenvalue weighted by atomic mass is 9.98. The average Bonchev–Trinajstić information content (AvgIpc) is 2.80. The molecule has 166 valence electrons. The molecule has 1 unspecified atom stereocenters. The lowest BCUT2D eigenvalue weighted by molar-refractivity contribution is -0.146. The highest BCUT2D eigenvalue weighted by molar-refractivity contribution is 5.99. The molecule has 1 heterocycles. The van der Waals surface area contributed by atoms with Crippen LogP contribution in [0.1, 0.15) is 30.6 Å². The van der Waals surface area contributed by atoms with Gasteiger partial charge in [0.05, 0.1) is 25.8 Å². The number of carbonyl (C=O) groups is 2. The highest BCUT2D eigenvalue weighted by Gasteiger charge is 2.28. The zero-order chi connectivity index (χ0) is 22.8. The van der Waals surface area contributed by atoms with Crippen LogP contribution in [0.4, 0.5) is 0 Å². The summed E-state index contributed by atoms with van der Waals surface area (Å²) in [5.74, 6) is -0.470. The van der Waals surface area contributed by atoms with Gasteiger partial charge in [-0.2, -0.15) is 9.97 Å². The number of hydrogen-bond acceptors (Lipinski definition) is 8. The molecule has 0 bridgehead atoms. The largest absolute Gasteiger partial charge is 0.481 e. The minimum Gasteiger partial charge on any atom is -0.481 e. The van der Waals surface area contributed by atoms with Gasteiger partial charge in [-0.3, -0.25) is 4.79 Å². The summed E-state index contributed by atoms with van der Waals surface area (Å²) < 4.78 is 21.1. The van der Waals surface area contributed by atoms with Crippen LogP contribution in [-0.4, -0.2) is 48.7 Å². The van der Waals surface area contributed by atoms with E-state index in [2.05, 4.69) is 21.9 Å². The van der Waals surface area contributed by atoms with Gasteiger partial charge in [0, 0.05) is 0 Å². The van der Waals surface area contributed by atoms with Gasteiger partial charge >= 0.3 is 12.0 Å². The number of aromatic nitrogens is 2. The molecule has 0 radical (unpaired) electrons. The number of nitrogens with one attached hydrogen (secondary N) is 1. The van der Waals surface area contributed by atoms with Crippen LogP contribution in [-0.2, 0) is 9.53 Å². The van der Waals surface area contributed by atoms with E-state index in [4.69, 9.17) is 18.9 Å². The average molecular weight is 429 g/mol. The maximum atomic E-state index is 13.0. The van der Waals surface area contributed by atoms with Crippen LogP contribution in [0.25, 0.3) is 0 Å². The fraction of sp³-hybridized carbons (Fsp3) is 0.364. The molecule has 0 aliphatic heterocycles. The number of rotatable bonds is 11. The van der Waals surface area contributed by atoms with Gasteiger partial charge in [-0.1, -0.05) is 45.1 Å². The monoisotopic (exact) mass is 429 g/mol. The van der Waals surface area contributed by atoms with Gasteiger partial charge in [-0.15, -0.1) is 0 Å². The third-order valence-electron chi connectivity index (χ3n) is 4.51. The molecule has 2 aromatic rings. The SMILES string of the molecule is C=CCOC(=O)[C@@H](NC(=O)c1ccccc1Oc1nc(OC)cc(OC)n1)C(C)CC. The summed E-state index contributed by atoms with van der Waals surface area (Å²) in [6.07, 6.45) is 2.14. The lowest BCUT2D eigenvalue weighted by Gasteiger charge is -2.23. The van der Waals surface area contributed by atoms with Crippen molar-refractivity contribution in [3.8, 4) is 23.5 Å². The highest BCUT2D eigenvalue weighted by Crippen LogP contribution is 2.26. The second-order valence-corrected chi connectivity index (χ2v) is 6.59. The Bertz CT molecular complexity index is 896. The number of benzene rings is 1. The van der Waals surface area contributed by atoms with E-state index in [9.17, 15) is 9.59 Å². The van der Waals surface area contributed by atoms with Crippen molar-refractivity contribution in [2.45, 2.75) is 26.3 Å². The van der Waals surface area contributed by atoms with Crippen molar-refractivity contribution < 1.29 is 28.5 Å². The molecule has 0 fully saturated rings. The maximum absolute atomic E-state index is 13.0. The first kappa shape index (κ1) is 23.7. The molecule has 0 saturated heterocycles. The molecular weight excluding hydrogens is 402 g/mol. The number of ether oxygens (including phenoxy) is 4. The smallest absolute Gasteiger partial charge is 0.329 e. The second kappa shape index (κ2) is 11.5. The van der Waals surface area contributed by atoms with E-state index in [0.717, 1.165) is 0 Å². The molecule has 9 heteroatoms. The number of hydrogen-bond donors (Lipinski definition) is 1. The molecule has 31 heavy (non-hydrogen) atoms. The van der Waals surface area contributed by atoms with Gasteiger partial charge in [-0.25, -0.2) is 4.79 Å². The Kier molecular flexibility index (Phi) is 8.80. The third-order valence-corrected chi connectivity index (χ3v) is 4.51. The van der Waals surface area contributed by atoms with Crippen LogP contribution in [0.15, 0.2) is 43.0 Å². The Balaban J connectivity index is 2.28. The van der Waals surface area contributed by atoms with E-state index in [0.29, 0.717) is 6.42 Å². The lowest BCUT2D eigenvalue weighted by Crippen LogP contribution is -2.46. The normalized spacial score (nSPS) is 12.3. The molecule has 1 amide bonds. The highest BCUT2D eigenvalue weighted by atomic mass is 16.5. The Morgan fingerprint density at radius 1 is 1.16 bits per heavy atom. The maximum Gasteiger partial charge on any atom is 0.329 e. The first-order chi connectivity index (χ1) is 14.9. The summed E-state index contributed by atoms with van der Waals surface area (Å²) >= 11 is 0. The van der Waals surface area contributed by atoms with E-state index in [-0.39, 0.29) is 41.6 Å². The quantitative estimate of drug-likeness (QED) is 0.429. The van der Waals surface area contributed by atoms with Gasteiger partial charge in [0.25, 0.3) is 5.91 Å². The number of amides is 1. The van der Waals surface area contributed by atoms with Gasteiger partial charge < -0.3 is 24.3 Å². The summed E-state index contributed by atoms with van der Waals surface area (Å²) in [5, 5.41) is 2.75. The first-order valence-electron chi connectivity index (χ1n) is 9.75. The first-order valence-corrected chi connectivity index (χ1v) is 9.75. The van der Waals surface area contributed by atoms with Gasteiger partial charge in [-0.05, 0) is 18.1 Å². The second-order valence-electron chi connectivity index (χ2n) is 6.59. The van der Waals surface area contributed by atoms with Crippen molar-refractivity contribution in [1.29, 1.82) is 0 Å². The predicted octanol–water partition coefficient (Wildman–Crippen LogP) is 3.16. The molecule has 2 atom stereocenters. The zero-order valence-corrected chi connectivity index (χ0v) is 18.1. The van der Waals surface area contributed by atoms with Gasteiger partial charge in [0.2, 0.25) is 11.8 Å². The summed E-state index contributed by atoms with van der Waals surface area (Å²) in [6.45, 7) is 7.38. The minimum atomic E-state index is -0.821. The summed E-state index contributed by atoms with van der Waals surface area (Å²) in [5.41, 5.74) is 0.206. The van der Waals surface area contributed by atoms with Crippen molar-refractivity contribution in [3.05, 3.63) is 48.6 Å². The fourth-order valence-corrected chi connectivity index (χ4v) is 2.60. The zero-order valence-electron chi connectivity index (χ0n) is 18.1. The van der Waals surface area contributed by atoms with Crippen LogP contribution < -0.4 is 19.5 Å². The van der Waals surface area contributed by atoms with Crippen molar-refractivity contribution in [3.63, 3.8) is 0 Å². The predicted molar refractivity (Wildman–Crippen MR) is 114 cm³/mol. The molecule has 0 spiro atoms.